The van der Waals surface area contributed by atoms with E-state index in [1.165, 1.54) is 0 Å². The van der Waals surface area contributed by atoms with Crippen molar-refractivity contribution >= 4 is 5.91 Å². The minimum atomic E-state index is -2.67. The van der Waals surface area contributed by atoms with Crippen LogP contribution >= 0.6 is 0 Å². The quantitative estimate of drug-likeness (QED) is 0.844. The van der Waals surface area contributed by atoms with Gasteiger partial charge in [0.25, 0.3) is 0 Å². The Morgan fingerprint density at radius 2 is 2.12 bits per heavy atom. The zero-order chi connectivity index (χ0) is 17.6. The van der Waals surface area contributed by atoms with Gasteiger partial charge >= 0.3 is 0 Å². The standard InChI is InChI=1S/C17H26F2N4O/c1-11(2)21(3)9-14-15-13(22(4)10-20-15)5-6-23(14)16(24)12-7-17(18,19)8-12/h10-12,14H,5-9H2,1-4H3. The molecule has 2 aliphatic rings. The molecule has 1 saturated carbocycles. The number of fused-ring (bicyclic) bond motifs is 1. The summed E-state index contributed by atoms with van der Waals surface area (Å²) in [5.41, 5.74) is 2.05. The minimum absolute atomic E-state index is 0.139. The molecular formula is C17H26F2N4O. The molecule has 3 rings (SSSR count). The highest BCUT2D eigenvalue weighted by Crippen LogP contribution is 2.44. The number of hydrogen-bond acceptors (Lipinski definition) is 3. The second kappa shape index (κ2) is 6.10. The Kier molecular flexibility index (Phi) is 4.40. The van der Waals surface area contributed by atoms with Gasteiger partial charge < -0.3 is 14.4 Å². The smallest absolute Gasteiger partial charge is 0.249 e. The second-order valence-corrected chi connectivity index (χ2v) is 7.48. The van der Waals surface area contributed by atoms with Gasteiger partial charge in [-0.05, 0) is 20.9 Å². The first-order valence-electron chi connectivity index (χ1n) is 8.58. The van der Waals surface area contributed by atoms with Crippen molar-refractivity contribution in [2.45, 2.75) is 51.1 Å². The zero-order valence-electron chi connectivity index (χ0n) is 14.8. The number of aryl methyl sites for hydroxylation is 1. The van der Waals surface area contributed by atoms with Crippen LogP contribution in [0, 0.1) is 5.92 Å². The summed E-state index contributed by atoms with van der Waals surface area (Å²) in [7, 11) is 3.97. The van der Waals surface area contributed by atoms with Crippen molar-refractivity contribution < 1.29 is 13.6 Å². The molecule has 1 aromatic rings. The fourth-order valence-electron chi connectivity index (χ4n) is 3.59. The summed E-state index contributed by atoms with van der Waals surface area (Å²) in [6.45, 7) is 5.43. The molecule has 0 bridgehead atoms. The van der Waals surface area contributed by atoms with E-state index in [2.05, 4.69) is 23.7 Å². The van der Waals surface area contributed by atoms with E-state index in [1.54, 1.807) is 11.2 Å². The second-order valence-electron chi connectivity index (χ2n) is 7.48. The number of nitrogens with zero attached hydrogens (tertiary/aromatic N) is 4. The van der Waals surface area contributed by atoms with Crippen molar-refractivity contribution in [2.75, 3.05) is 20.1 Å². The average Bonchev–Trinajstić information content (AvgIpc) is 2.86. The number of hydrogen-bond donors (Lipinski definition) is 0. The highest BCUT2D eigenvalue weighted by molar-refractivity contribution is 5.80. The lowest BCUT2D eigenvalue weighted by Crippen LogP contribution is -2.52. The largest absolute Gasteiger partial charge is 0.337 e. The van der Waals surface area contributed by atoms with Crippen LogP contribution in [0.3, 0.4) is 0 Å². The Labute approximate surface area is 141 Å². The molecule has 1 aromatic heterocycles. The molecule has 0 radical (unpaired) electrons. The van der Waals surface area contributed by atoms with Crippen molar-refractivity contribution in [1.29, 1.82) is 0 Å². The number of alkyl halides is 2. The maximum absolute atomic E-state index is 13.2. The first-order chi connectivity index (χ1) is 11.2. The zero-order valence-corrected chi connectivity index (χ0v) is 14.8. The lowest BCUT2D eigenvalue weighted by Gasteiger charge is -2.43. The van der Waals surface area contributed by atoms with Crippen molar-refractivity contribution in [2.24, 2.45) is 13.0 Å². The Morgan fingerprint density at radius 1 is 1.46 bits per heavy atom. The number of carbonyl (C=O) groups is 1. The summed E-state index contributed by atoms with van der Waals surface area (Å²) in [5, 5.41) is 0. The van der Waals surface area contributed by atoms with Crippen LogP contribution in [0.2, 0.25) is 0 Å². The first kappa shape index (κ1) is 17.3. The molecule has 0 spiro atoms. The molecular weight excluding hydrogens is 314 g/mol. The van der Waals surface area contributed by atoms with Crippen molar-refractivity contribution in [1.82, 2.24) is 19.4 Å². The molecule has 0 aromatic carbocycles. The van der Waals surface area contributed by atoms with Crippen LogP contribution in [0.5, 0.6) is 0 Å². The number of aromatic nitrogens is 2. The fourth-order valence-corrected chi connectivity index (χ4v) is 3.59. The van der Waals surface area contributed by atoms with Gasteiger partial charge in [-0.1, -0.05) is 0 Å². The number of halogens is 2. The highest BCUT2D eigenvalue weighted by atomic mass is 19.3. The SMILES string of the molecule is CC(C)N(C)CC1c2ncn(C)c2CCN1C(=O)C1CC(F)(F)C1. The van der Waals surface area contributed by atoms with Gasteiger partial charge in [0.15, 0.2) is 0 Å². The Bertz CT molecular complexity index is 620. The molecule has 7 heteroatoms. The van der Waals surface area contributed by atoms with E-state index in [4.69, 9.17) is 0 Å². The number of rotatable bonds is 4. The topological polar surface area (TPSA) is 41.4 Å². The average molecular weight is 340 g/mol. The maximum atomic E-state index is 13.2. The van der Waals surface area contributed by atoms with Gasteiger partial charge in [-0.2, -0.15) is 0 Å². The van der Waals surface area contributed by atoms with Crippen LogP contribution < -0.4 is 0 Å². The predicted molar refractivity (Wildman–Crippen MR) is 86.8 cm³/mol. The molecule has 24 heavy (non-hydrogen) atoms. The summed E-state index contributed by atoms with van der Waals surface area (Å²) in [4.78, 5) is 21.3. The van der Waals surface area contributed by atoms with Gasteiger partial charge in [0.1, 0.15) is 0 Å². The Balaban J connectivity index is 1.83. The fraction of sp³-hybridized carbons (Fsp3) is 0.765. The van der Waals surface area contributed by atoms with E-state index in [1.807, 2.05) is 18.7 Å². The predicted octanol–water partition coefficient (Wildman–Crippen LogP) is 2.23. The highest BCUT2D eigenvalue weighted by Gasteiger charge is 2.51. The third-order valence-corrected chi connectivity index (χ3v) is 5.44. The van der Waals surface area contributed by atoms with E-state index in [0.29, 0.717) is 19.1 Å². The van der Waals surface area contributed by atoms with Gasteiger partial charge in [-0.25, -0.2) is 13.8 Å². The Morgan fingerprint density at radius 3 is 2.71 bits per heavy atom. The van der Waals surface area contributed by atoms with Crippen LogP contribution in [0.4, 0.5) is 8.78 Å². The number of amides is 1. The molecule has 1 aliphatic carbocycles. The summed E-state index contributed by atoms with van der Waals surface area (Å²) in [5.74, 6) is -3.35. The van der Waals surface area contributed by atoms with E-state index in [0.717, 1.165) is 17.8 Å². The molecule has 0 saturated heterocycles. The normalized spacial score (nSPS) is 23.5. The summed E-state index contributed by atoms with van der Waals surface area (Å²) in [6.07, 6.45) is 1.87. The van der Waals surface area contributed by atoms with Gasteiger partial charge in [-0.3, -0.25) is 4.79 Å². The lowest BCUT2D eigenvalue weighted by molar-refractivity contribution is -0.163. The van der Waals surface area contributed by atoms with E-state index in [9.17, 15) is 13.6 Å². The van der Waals surface area contributed by atoms with E-state index >= 15 is 0 Å². The Hall–Kier alpha value is -1.50. The molecule has 5 nitrogen and oxygen atoms in total. The van der Waals surface area contributed by atoms with Gasteiger partial charge in [-0.15, -0.1) is 0 Å². The molecule has 1 atom stereocenters. The number of likely N-dealkylation sites (N-methyl/N-ethyl adjacent to an activating group) is 1. The first-order valence-corrected chi connectivity index (χ1v) is 8.58. The van der Waals surface area contributed by atoms with E-state index in [-0.39, 0.29) is 24.8 Å². The number of imidazole rings is 1. The maximum Gasteiger partial charge on any atom is 0.249 e. The molecule has 1 fully saturated rings. The van der Waals surface area contributed by atoms with Crippen LogP contribution in [0.1, 0.15) is 44.1 Å². The summed E-state index contributed by atoms with van der Waals surface area (Å²) in [6, 6.07) is 0.174. The van der Waals surface area contributed by atoms with Gasteiger partial charge in [0.05, 0.1) is 18.1 Å². The molecule has 1 unspecified atom stereocenters. The molecule has 1 amide bonds. The third kappa shape index (κ3) is 3.06. The minimum Gasteiger partial charge on any atom is -0.337 e. The lowest BCUT2D eigenvalue weighted by atomic mass is 9.79. The van der Waals surface area contributed by atoms with Gasteiger partial charge in [0.2, 0.25) is 11.8 Å². The van der Waals surface area contributed by atoms with Crippen LogP contribution in [-0.2, 0) is 18.3 Å². The summed E-state index contributed by atoms with van der Waals surface area (Å²) < 4.78 is 28.4. The monoisotopic (exact) mass is 340 g/mol. The molecule has 134 valence electrons. The third-order valence-electron chi connectivity index (χ3n) is 5.44. The van der Waals surface area contributed by atoms with Crippen LogP contribution in [0.25, 0.3) is 0 Å². The summed E-state index contributed by atoms with van der Waals surface area (Å²) >= 11 is 0. The molecule has 0 N–H and O–H groups in total. The van der Waals surface area contributed by atoms with Crippen molar-refractivity contribution in [3.8, 4) is 0 Å². The van der Waals surface area contributed by atoms with Crippen molar-refractivity contribution in [3.63, 3.8) is 0 Å². The van der Waals surface area contributed by atoms with Crippen LogP contribution in [0.15, 0.2) is 6.33 Å². The van der Waals surface area contributed by atoms with Gasteiger partial charge in [0, 0.05) is 57.1 Å². The number of carbonyl (C=O) groups excluding carboxylic acids is 1. The van der Waals surface area contributed by atoms with E-state index < -0.39 is 11.8 Å². The van der Waals surface area contributed by atoms with Crippen LogP contribution in [-0.4, -0.2) is 57.4 Å². The van der Waals surface area contributed by atoms with Crippen molar-refractivity contribution in [3.05, 3.63) is 17.7 Å². The molecule has 2 heterocycles. The molecule has 1 aliphatic heterocycles.